The molecule has 2 aromatic heterocycles. The number of amides is 1. The van der Waals surface area contributed by atoms with E-state index in [1.54, 1.807) is 30.3 Å². The maximum absolute atomic E-state index is 16.7. The summed E-state index contributed by atoms with van der Waals surface area (Å²) < 4.78 is 28.2. The Morgan fingerprint density at radius 3 is 2.58 bits per heavy atom. The van der Waals surface area contributed by atoms with Crippen molar-refractivity contribution in [3.63, 3.8) is 0 Å². The van der Waals surface area contributed by atoms with Gasteiger partial charge in [0.15, 0.2) is 5.82 Å². The number of carbonyl (C=O) groups excluding carboxylic acids is 1. The molecule has 218 valence electrons. The minimum atomic E-state index is -0.584. The summed E-state index contributed by atoms with van der Waals surface area (Å²) in [5, 5.41) is 2.39. The molecule has 5 aromatic rings. The smallest absolute Gasteiger partial charge is 0.319 e. The van der Waals surface area contributed by atoms with Crippen molar-refractivity contribution in [1.29, 1.82) is 0 Å². The highest BCUT2D eigenvalue weighted by Gasteiger charge is 2.26. The van der Waals surface area contributed by atoms with Gasteiger partial charge < -0.3 is 19.3 Å². The first-order valence-corrected chi connectivity index (χ1v) is 14.3. The fourth-order valence-corrected chi connectivity index (χ4v) is 5.67. The number of fused-ring (bicyclic) bond motifs is 2. The highest BCUT2D eigenvalue weighted by molar-refractivity contribution is 6.35. The van der Waals surface area contributed by atoms with Crippen molar-refractivity contribution >= 4 is 45.0 Å². The van der Waals surface area contributed by atoms with Gasteiger partial charge in [-0.15, -0.1) is 0 Å². The number of ether oxygens (including phenoxy) is 2. The molecular weight excluding hydrogens is 569 g/mol. The summed E-state index contributed by atoms with van der Waals surface area (Å²) in [6, 6.07) is 18.8. The van der Waals surface area contributed by atoms with Crippen LogP contribution in [-0.4, -0.2) is 65.7 Å². The predicted octanol–water partition coefficient (Wildman–Crippen LogP) is 6.10. The van der Waals surface area contributed by atoms with Gasteiger partial charge in [-0.25, -0.2) is 4.39 Å². The Morgan fingerprint density at radius 2 is 1.84 bits per heavy atom. The zero-order valence-corrected chi connectivity index (χ0v) is 24.4. The second-order valence-corrected chi connectivity index (χ2v) is 10.5. The molecule has 6 rings (SSSR count). The zero-order chi connectivity index (χ0) is 29.9. The van der Waals surface area contributed by atoms with E-state index in [4.69, 9.17) is 26.1 Å². The Kier molecular flexibility index (Phi) is 8.07. The molecule has 1 fully saturated rings. The third-order valence-corrected chi connectivity index (χ3v) is 7.86. The average molecular weight is 598 g/mol. The van der Waals surface area contributed by atoms with Crippen LogP contribution in [0.5, 0.6) is 11.8 Å². The fraction of sp³-hybridized carbons (Fsp3) is 0.212. The van der Waals surface area contributed by atoms with Crippen LogP contribution in [0.2, 0.25) is 5.02 Å². The molecule has 0 aliphatic carbocycles. The Morgan fingerprint density at radius 1 is 1.05 bits per heavy atom. The van der Waals surface area contributed by atoms with E-state index in [9.17, 15) is 4.79 Å². The van der Waals surface area contributed by atoms with Crippen molar-refractivity contribution in [2.24, 2.45) is 0 Å². The molecule has 43 heavy (non-hydrogen) atoms. The van der Waals surface area contributed by atoms with Crippen molar-refractivity contribution in [3.8, 4) is 22.9 Å². The van der Waals surface area contributed by atoms with Crippen molar-refractivity contribution < 1.29 is 18.7 Å². The molecule has 0 saturated carbocycles. The van der Waals surface area contributed by atoms with Gasteiger partial charge in [0.25, 0.3) is 0 Å². The number of anilines is 1. The number of hydrogen-bond donors (Lipinski definition) is 0. The summed E-state index contributed by atoms with van der Waals surface area (Å²) >= 11 is 6.87. The van der Waals surface area contributed by atoms with Crippen molar-refractivity contribution in [1.82, 2.24) is 19.9 Å². The van der Waals surface area contributed by atoms with Crippen LogP contribution in [-0.2, 0) is 11.2 Å². The highest BCUT2D eigenvalue weighted by Crippen LogP contribution is 2.42. The summed E-state index contributed by atoms with van der Waals surface area (Å²) in [5.41, 5.74) is 1.76. The van der Waals surface area contributed by atoms with Crippen LogP contribution in [0, 0.1) is 5.82 Å². The molecule has 0 radical (unpaired) electrons. The van der Waals surface area contributed by atoms with Crippen LogP contribution in [0.4, 0.5) is 10.2 Å². The molecule has 1 aliphatic heterocycles. The molecule has 3 heterocycles. The molecule has 0 bridgehead atoms. The minimum absolute atomic E-state index is 0.0469. The molecule has 10 heteroatoms. The van der Waals surface area contributed by atoms with Crippen molar-refractivity contribution in [2.45, 2.75) is 6.42 Å². The van der Waals surface area contributed by atoms with E-state index in [0.717, 1.165) is 16.5 Å². The molecule has 0 unspecified atom stereocenters. The van der Waals surface area contributed by atoms with E-state index < -0.39 is 5.82 Å². The highest BCUT2D eigenvalue weighted by atomic mass is 35.5. The fourth-order valence-electron chi connectivity index (χ4n) is 5.38. The van der Waals surface area contributed by atoms with Gasteiger partial charge in [-0.2, -0.15) is 9.97 Å². The van der Waals surface area contributed by atoms with Crippen molar-refractivity contribution in [3.05, 3.63) is 96.0 Å². The lowest BCUT2D eigenvalue weighted by Crippen LogP contribution is -2.48. The van der Waals surface area contributed by atoms with E-state index in [1.165, 1.54) is 6.08 Å². The Hall–Kier alpha value is -4.76. The zero-order valence-electron chi connectivity index (χ0n) is 23.6. The quantitative estimate of drug-likeness (QED) is 0.200. The largest absolute Gasteiger partial charge is 0.497 e. The van der Waals surface area contributed by atoms with E-state index in [-0.39, 0.29) is 34.6 Å². The molecular formula is C33H29ClFN5O3. The van der Waals surface area contributed by atoms with Gasteiger partial charge in [0.2, 0.25) is 5.91 Å². The molecule has 0 spiro atoms. The molecule has 8 nitrogen and oxygen atoms in total. The first-order valence-electron chi connectivity index (χ1n) is 13.9. The third-order valence-electron chi connectivity index (χ3n) is 7.56. The number of carbonyl (C=O) groups is 1. The summed E-state index contributed by atoms with van der Waals surface area (Å²) in [7, 11) is 1.57. The van der Waals surface area contributed by atoms with Gasteiger partial charge in [0.1, 0.15) is 17.1 Å². The molecule has 1 amide bonds. The second-order valence-electron chi connectivity index (χ2n) is 10.1. The van der Waals surface area contributed by atoms with Gasteiger partial charge in [-0.3, -0.25) is 9.78 Å². The van der Waals surface area contributed by atoms with Crippen LogP contribution in [0.1, 0.15) is 5.69 Å². The SMILES string of the molecule is C=CC(=O)N1CCN(c2nc(OCCc3ccccn3)nc3c(F)c(-c4cc(OC)cc5ccccc45)c(Cl)cc23)CC1. The van der Waals surface area contributed by atoms with Crippen LogP contribution in [0.3, 0.4) is 0 Å². The van der Waals surface area contributed by atoms with E-state index in [2.05, 4.69) is 16.5 Å². The molecule has 1 aliphatic rings. The van der Waals surface area contributed by atoms with Crippen molar-refractivity contribution in [2.75, 3.05) is 44.8 Å². The monoisotopic (exact) mass is 597 g/mol. The summed E-state index contributed by atoms with van der Waals surface area (Å²) in [4.78, 5) is 29.5. The van der Waals surface area contributed by atoms with E-state index >= 15 is 4.39 Å². The number of methoxy groups -OCH3 is 1. The van der Waals surface area contributed by atoms with Crippen LogP contribution >= 0.6 is 11.6 Å². The first kappa shape index (κ1) is 28.4. The molecule has 0 atom stereocenters. The number of nitrogens with zero attached hydrogens (tertiary/aromatic N) is 5. The number of pyridine rings is 1. The number of aromatic nitrogens is 3. The summed E-state index contributed by atoms with van der Waals surface area (Å²) in [6.07, 6.45) is 3.56. The Balaban J connectivity index is 1.46. The van der Waals surface area contributed by atoms with Gasteiger partial charge in [0, 0.05) is 55.4 Å². The lowest BCUT2D eigenvalue weighted by molar-refractivity contribution is -0.126. The number of benzene rings is 3. The topological polar surface area (TPSA) is 80.7 Å². The van der Waals surface area contributed by atoms with E-state index in [1.807, 2.05) is 53.4 Å². The lowest BCUT2D eigenvalue weighted by Gasteiger charge is -2.35. The lowest BCUT2D eigenvalue weighted by atomic mass is 9.96. The van der Waals surface area contributed by atoms with Gasteiger partial charge in [-0.1, -0.05) is 48.5 Å². The molecule has 1 saturated heterocycles. The van der Waals surface area contributed by atoms with E-state index in [0.29, 0.717) is 55.1 Å². The average Bonchev–Trinajstić information content (AvgIpc) is 3.05. The number of piperazine rings is 1. The maximum Gasteiger partial charge on any atom is 0.319 e. The number of halogens is 2. The van der Waals surface area contributed by atoms with Gasteiger partial charge >= 0.3 is 6.01 Å². The normalized spacial score (nSPS) is 13.4. The Labute approximate surface area is 253 Å². The van der Waals surface area contributed by atoms with Crippen LogP contribution in [0.15, 0.2) is 79.5 Å². The predicted molar refractivity (Wildman–Crippen MR) is 166 cm³/mol. The standard InChI is InChI=1S/C33H29ClFN5O3/c1-3-28(41)39-13-15-40(16-14-39)32-26-20-27(34)29(25-19-23(42-2)18-21-8-4-5-10-24(21)25)30(35)31(26)37-33(38-32)43-17-11-22-9-6-7-12-36-22/h3-10,12,18-20H,1,11,13-17H2,2H3. The Bertz CT molecular complexity index is 1830. The summed E-state index contributed by atoms with van der Waals surface area (Å²) in [6.45, 7) is 5.75. The van der Waals surface area contributed by atoms with Crippen LogP contribution < -0.4 is 14.4 Å². The number of rotatable bonds is 8. The first-order chi connectivity index (χ1) is 21.0. The maximum atomic E-state index is 16.7. The molecule has 0 N–H and O–H groups in total. The number of hydrogen-bond acceptors (Lipinski definition) is 7. The third kappa shape index (κ3) is 5.68. The summed E-state index contributed by atoms with van der Waals surface area (Å²) in [5.74, 6) is 0.360. The van der Waals surface area contributed by atoms with Gasteiger partial charge in [0.05, 0.1) is 18.7 Å². The minimum Gasteiger partial charge on any atom is -0.497 e. The van der Waals surface area contributed by atoms with Crippen LogP contribution in [0.25, 0.3) is 32.8 Å². The molecule has 3 aromatic carbocycles. The second kappa shape index (κ2) is 12.2. The van der Waals surface area contributed by atoms with Gasteiger partial charge in [-0.05, 0) is 52.7 Å².